The zero-order valence-electron chi connectivity index (χ0n) is 34.3. The molecular formula is C46H51N7O6. The summed E-state index contributed by atoms with van der Waals surface area (Å²) in [5, 5.41) is 4.74. The van der Waals surface area contributed by atoms with E-state index in [0.29, 0.717) is 38.4 Å². The Bertz CT molecular complexity index is 2600. The molecule has 3 N–H and O–H groups in total. The SMILES string of the molecule is CCCC(=O)N1CCCC1c1nc2ccc(-c3ccc4c(c3)COc3cc5c(ccc6[nH]c(C7CC(COC)CN7C(=O)C(NC(=O)OC)C(C)C)nc65)cc3-4)cc2[nH]1. The second-order valence-corrected chi connectivity index (χ2v) is 16.6. The Kier molecular flexibility index (Phi) is 10.2. The summed E-state index contributed by atoms with van der Waals surface area (Å²) in [6.07, 6.45) is 3.36. The highest BCUT2D eigenvalue weighted by Gasteiger charge is 2.42. The summed E-state index contributed by atoms with van der Waals surface area (Å²) >= 11 is 0. The average molecular weight is 798 g/mol. The third kappa shape index (κ3) is 7.04. The molecule has 0 radical (unpaired) electrons. The number of nitrogens with one attached hydrogen (secondary N) is 3. The Hall–Kier alpha value is -5.95. The van der Waals surface area contributed by atoms with Crippen LogP contribution in [0.3, 0.4) is 0 Å². The molecule has 4 unspecified atom stereocenters. The van der Waals surface area contributed by atoms with Gasteiger partial charge in [0.25, 0.3) is 0 Å². The van der Waals surface area contributed by atoms with E-state index in [9.17, 15) is 14.4 Å². The van der Waals surface area contributed by atoms with E-state index in [1.165, 1.54) is 7.11 Å². The first-order valence-corrected chi connectivity index (χ1v) is 20.8. The van der Waals surface area contributed by atoms with E-state index in [4.69, 9.17) is 24.2 Å². The van der Waals surface area contributed by atoms with Crippen molar-refractivity contribution in [3.05, 3.63) is 77.9 Å². The van der Waals surface area contributed by atoms with Gasteiger partial charge in [-0.2, -0.15) is 0 Å². The van der Waals surface area contributed by atoms with Crippen LogP contribution >= 0.6 is 0 Å². The van der Waals surface area contributed by atoms with Gasteiger partial charge >= 0.3 is 6.09 Å². The molecule has 59 heavy (non-hydrogen) atoms. The molecule has 3 amide bonds. The van der Waals surface area contributed by atoms with Crippen LogP contribution in [0.5, 0.6) is 5.75 Å². The number of likely N-dealkylation sites (tertiary alicyclic amines) is 2. The van der Waals surface area contributed by atoms with Crippen LogP contribution in [0.1, 0.15) is 82.2 Å². The molecule has 6 aromatic rings. The Morgan fingerprint density at radius 3 is 2.51 bits per heavy atom. The maximum atomic E-state index is 14.0. The van der Waals surface area contributed by atoms with E-state index in [2.05, 4.69) is 69.9 Å². The highest BCUT2D eigenvalue weighted by molar-refractivity contribution is 6.07. The number of amides is 3. The van der Waals surface area contributed by atoms with Crippen molar-refractivity contribution in [1.82, 2.24) is 35.1 Å². The third-order valence-corrected chi connectivity index (χ3v) is 12.3. The van der Waals surface area contributed by atoms with Gasteiger partial charge in [-0.25, -0.2) is 14.8 Å². The lowest BCUT2D eigenvalue weighted by Gasteiger charge is -2.30. The summed E-state index contributed by atoms with van der Waals surface area (Å²) in [7, 11) is 2.97. The lowest BCUT2D eigenvalue weighted by Crippen LogP contribution is -2.51. The van der Waals surface area contributed by atoms with Crippen LogP contribution in [0.2, 0.25) is 0 Å². The molecule has 0 bridgehead atoms. The molecule has 0 aliphatic carbocycles. The Labute approximate surface area is 342 Å². The number of fused-ring (bicyclic) bond motifs is 7. The van der Waals surface area contributed by atoms with Gasteiger partial charge in [0.2, 0.25) is 11.8 Å². The summed E-state index contributed by atoms with van der Waals surface area (Å²) < 4.78 is 16.8. The largest absolute Gasteiger partial charge is 0.488 e. The third-order valence-electron chi connectivity index (χ3n) is 12.3. The number of rotatable bonds is 10. The van der Waals surface area contributed by atoms with Crippen LogP contribution in [-0.4, -0.2) is 87.6 Å². The number of imidazole rings is 2. The fourth-order valence-electron chi connectivity index (χ4n) is 9.38. The van der Waals surface area contributed by atoms with Gasteiger partial charge in [-0.3, -0.25) is 9.59 Å². The van der Waals surface area contributed by atoms with Gasteiger partial charge in [-0.1, -0.05) is 45.0 Å². The number of carbonyl (C=O) groups excluding carboxylic acids is 3. The molecule has 9 rings (SSSR count). The van der Waals surface area contributed by atoms with E-state index < -0.39 is 12.1 Å². The number of alkyl carbamates (subject to hydrolysis) is 1. The number of aromatic amines is 2. The standard InChI is InChI=1S/C46H51N7O6/c1-6-8-40(54)52-16-7-9-37(52)43-47-34-14-11-28(20-36(34)49-43)27-10-13-31-30(18-27)24-59-39-21-32-29(19-33(31)39)12-15-35-42(32)50-44(48-35)38-17-26(23-57-4)22-53(38)45(55)41(25(2)3)51-46(56)58-5/h10-15,18-21,25-26,37-38,41H,6-9,16-17,22-24H2,1-5H3,(H,47,49)(H,48,50)(H,51,56). The van der Waals surface area contributed by atoms with Crippen molar-refractivity contribution in [1.29, 1.82) is 0 Å². The summed E-state index contributed by atoms with van der Waals surface area (Å²) in [6, 6.07) is 20.2. The summed E-state index contributed by atoms with van der Waals surface area (Å²) in [5.41, 5.74) is 8.98. The van der Waals surface area contributed by atoms with E-state index in [0.717, 1.165) is 98.0 Å². The van der Waals surface area contributed by atoms with Gasteiger partial charge in [-0.05, 0) is 95.6 Å². The molecule has 13 heteroatoms. The highest BCUT2D eigenvalue weighted by Crippen LogP contribution is 2.44. The molecule has 2 saturated heterocycles. The Morgan fingerprint density at radius 2 is 1.71 bits per heavy atom. The normalized spacial score (nSPS) is 19.3. The second-order valence-electron chi connectivity index (χ2n) is 16.6. The minimum atomic E-state index is -0.746. The summed E-state index contributed by atoms with van der Waals surface area (Å²) in [5.74, 6) is 2.35. The first kappa shape index (κ1) is 38.6. The van der Waals surface area contributed by atoms with Crippen molar-refractivity contribution in [3.63, 3.8) is 0 Å². The summed E-state index contributed by atoms with van der Waals surface area (Å²) in [4.78, 5) is 60.0. The molecular weight excluding hydrogens is 747 g/mol. The number of aromatic nitrogens is 4. The minimum absolute atomic E-state index is 0.00357. The highest BCUT2D eigenvalue weighted by atomic mass is 16.5. The number of nitrogens with zero attached hydrogens (tertiary/aromatic N) is 4. The van der Waals surface area contributed by atoms with Crippen LogP contribution < -0.4 is 10.1 Å². The smallest absolute Gasteiger partial charge is 0.407 e. The minimum Gasteiger partial charge on any atom is -0.488 e. The number of ether oxygens (including phenoxy) is 3. The van der Waals surface area contributed by atoms with E-state index >= 15 is 0 Å². The van der Waals surface area contributed by atoms with Gasteiger partial charge in [0.1, 0.15) is 30.0 Å². The molecule has 13 nitrogen and oxygen atoms in total. The zero-order chi connectivity index (χ0) is 40.9. The molecule has 306 valence electrons. The fourth-order valence-corrected chi connectivity index (χ4v) is 9.38. The van der Waals surface area contributed by atoms with Gasteiger partial charge in [-0.15, -0.1) is 0 Å². The van der Waals surface area contributed by atoms with E-state index in [1.807, 2.05) is 36.6 Å². The molecule has 0 saturated carbocycles. The van der Waals surface area contributed by atoms with Crippen LogP contribution in [0.4, 0.5) is 4.79 Å². The molecule has 4 atom stereocenters. The number of methoxy groups -OCH3 is 2. The van der Waals surface area contributed by atoms with Crippen molar-refractivity contribution in [3.8, 4) is 28.0 Å². The molecule has 2 aromatic heterocycles. The predicted octanol–water partition coefficient (Wildman–Crippen LogP) is 8.20. The molecule has 3 aliphatic rings. The molecule has 5 heterocycles. The van der Waals surface area contributed by atoms with Crippen LogP contribution in [-0.2, 0) is 25.7 Å². The van der Waals surface area contributed by atoms with Crippen molar-refractivity contribution >= 4 is 50.7 Å². The number of benzene rings is 4. The van der Waals surface area contributed by atoms with Crippen molar-refractivity contribution < 1.29 is 28.6 Å². The fraction of sp³-hybridized carbons (Fsp3) is 0.413. The Balaban J connectivity index is 0.997. The molecule has 2 fully saturated rings. The molecule has 0 spiro atoms. The van der Waals surface area contributed by atoms with Gasteiger partial charge in [0.15, 0.2) is 0 Å². The number of hydrogen-bond acceptors (Lipinski definition) is 8. The average Bonchev–Trinajstić information content (AvgIpc) is 4.06. The van der Waals surface area contributed by atoms with Crippen LogP contribution in [0.25, 0.3) is 55.1 Å². The quantitative estimate of drug-likeness (QED) is 0.125. The first-order valence-electron chi connectivity index (χ1n) is 20.8. The van der Waals surface area contributed by atoms with Gasteiger partial charge in [0, 0.05) is 43.5 Å². The number of hydrogen-bond donors (Lipinski definition) is 3. The number of H-pyrrole nitrogens is 2. The van der Waals surface area contributed by atoms with Gasteiger partial charge < -0.3 is 39.3 Å². The predicted molar refractivity (Wildman–Crippen MR) is 226 cm³/mol. The summed E-state index contributed by atoms with van der Waals surface area (Å²) in [6.45, 7) is 8.07. The second kappa shape index (κ2) is 15.7. The maximum Gasteiger partial charge on any atom is 0.407 e. The number of carbonyl (C=O) groups is 3. The first-order chi connectivity index (χ1) is 28.6. The van der Waals surface area contributed by atoms with Crippen LogP contribution in [0, 0.1) is 11.8 Å². The van der Waals surface area contributed by atoms with Crippen molar-refractivity contribution in [2.24, 2.45) is 11.8 Å². The Morgan fingerprint density at radius 1 is 0.915 bits per heavy atom. The monoisotopic (exact) mass is 797 g/mol. The maximum absolute atomic E-state index is 14.0. The van der Waals surface area contributed by atoms with E-state index in [1.54, 1.807) is 7.11 Å². The lowest BCUT2D eigenvalue weighted by atomic mass is 9.91. The van der Waals surface area contributed by atoms with Gasteiger partial charge in [0.05, 0.1) is 47.9 Å². The van der Waals surface area contributed by atoms with Crippen molar-refractivity contribution in [2.45, 2.75) is 77.6 Å². The zero-order valence-corrected chi connectivity index (χ0v) is 34.3. The molecule has 4 aromatic carbocycles. The topological polar surface area (TPSA) is 155 Å². The van der Waals surface area contributed by atoms with E-state index in [-0.39, 0.29) is 35.7 Å². The van der Waals surface area contributed by atoms with Crippen LogP contribution in [0.15, 0.2) is 60.7 Å². The van der Waals surface area contributed by atoms with Crippen molar-refractivity contribution in [2.75, 3.05) is 33.9 Å². The molecule has 3 aliphatic heterocycles. The lowest BCUT2D eigenvalue weighted by molar-refractivity contribution is -0.135.